The van der Waals surface area contributed by atoms with E-state index in [1.54, 1.807) is 5.56 Å². The summed E-state index contributed by atoms with van der Waals surface area (Å²) in [6.07, 6.45) is 29.3. The number of hydrogen-bond donors (Lipinski definition) is 0. The number of benzene rings is 7. The van der Waals surface area contributed by atoms with Crippen molar-refractivity contribution in [1.29, 1.82) is 0 Å². The Balaban J connectivity index is 0.759. The lowest BCUT2D eigenvalue weighted by Gasteiger charge is -2.57. The van der Waals surface area contributed by atoms with Gasteiger partial charge < -0.3 is 18.9 Å². The van der Waals surface area contributed by atoms with E-state index in [1.807, 2.05) is 23.9 Å². The first-order valence-corrected chi connectivity index (χ1v) is 35.6. The summed E-state index contributed by atoms with van der Waals surface area (Å²) in [4.78, 5) is 0. The van der Waals surface area contributed by atoms with Crippen LogP contribution in [0, 0.1) is 53.3 Å². The van der Waals surface area contributed by atoms with Crippen LogP contribution in [-0.2, 0) is 16.2 Å². The van der Waals surface area contributed by atoms with E-state index in [2.05, 4.69) is 130 Å². The molecule has 6 nitrogen and oxygen atoms in total. The standard InChI is InChI=1S/C74H69B3N2O4S2/c1-84-78-57-28-63-55(75-51-7-3-5-9-61(51)80-65-22-49(24-67(82-63)70(65)75)73-33-42-14-43(34-73)16-44(15-42)35-73)26-53(57)77-54-27-56-64(29-58(54)79(85-2)60-21-48(20-59(78)69(60)77)72-30-39-11-40(31-72)13-41(12-39)32-72)83-68-25-50(74-36-45-17-46(37-74)19-47(18-45)38-74)23-66-71(68)76(56)52-8-4-6-10-62(52)81-66/h3-10,20-29,39-47H,11-19,30-38H2,1-2H3. The van der Waals surface area contributed by atoms with E-state index >= 15 is 0 Å². The third-order valence-corrected chi connectivity index (χ3v) is 27.8. The molecule has 25 rings (SSSR count). The zero-order valence-corrected chi connectivity index (χ0v) is 50.5. The maximum Gasteiger partial charge on any atom is 0.260 e. The molecule has 12 aliphatic carbocycles. The van der Waals surface area contributed by atoms with Gasteiger partial charge in [-0.2, -0.15) is 0 Å². The average Bonchev–Trinajstić information content (AvgIpc) is 1.03. The molecule has 0 spiro atoms. The highest BCUT2D eigenvalue weighted by molar-refractivity contribution is 8.00. The first kappa shape index (κ1) is 48.3. The highest BCUT2D eigenvalue weighted by Gasteiger charge is 2.57. The summed E-state index contributed by atoms with van der Waals surface area (Å²) < 4.78 is 34.8. The quantitative estimate of drug-likeness (QED) is 0.125. The van der Waals surface area contributed by atoms with Crippen molar-refractivity contribution in [2.75, 3.05) is 21.1 Å². The molecule has 0 atom stereocenters. The van der Waals surface area contributed by atoms with Crippen LogP contribution in [0.25, 0.3) is 0 Å². The third-order valence-electron chi connectivity index (χ3n) is 26.3. The largest absolute Gasteiger partial charge is 0.458 e. The van der Waals surface area contributed by atoms with Gasteiger partial charge in [0.25, 0.3) is 20.1 Å². The van der Waals surface area contributed by atoms with Crippen molar-refractivity contribution in [2.45, 2.75) is 132 Å². The zero-order valence-electron chi connectivity index (χ0n) is 48.9. The SMILES string of the molecule is CSN1c2cc3c(cc2B2c4cc5c(cc4N(SC)c4cc(C67CC8CC(CC(C8)C6)C7)cc1c42)Oc1cc(C24CC6CC(CC(C6)C2)C4)cc2c1B5c1ccccc1O2)B1c2ccccc2Oc2cc(C45CC6CC(CC(C6)C4)C5)cc(c21)O3. The zero-order chi connectivity index (χ0) is 55.1. The van der Waals surface area contributed by atoms with E-state index in [9.17, 15) is 0 Å². The number of ether oxygens (including phenoxy) is 4. The van der Waals surface area contributed by atoms with Gasteiger partial charge in [0.2, 0.25) is 0 Å². The topological polar surface area (TPSA) is 43.4 Å². The van der Waals surface area contributed by atoms with Crippen LogP contribution in [0.4, 0.5) is 22.7 Å². The van der Waals surface area contributed by atoms with Gasteiger partial charge >= 0.3 is 0 Å². The second kappa shape index (κ2) is 16.5. The fourth-order valence-electron chi connectivity index (χ4n) is 24.5. The molecule has 0 unspecified atom stereocenters. The van der Waals surface area contributed by atoms with Gasteiger partial charge in [0.15, 0.2) is 0 Å². The molecule has 420 valence electrons. The smallest absolute Gasteiger partial charge is 0.260 e. The molecule has 0 N–H and O–H groups in total. The van der Waals surface area contributed by atoms with Crippen molar-refractivity contribution in [1.82, 2.24) is 0 Å². The van der Waals surface area contributed by atoms with Gasteiger partial charge in [-0.25, -0.2) is 0 Å². The van der Waals surface area contributed by atoms with Crippen LogP contribution in [-0.4, -0.2) is 32.6 Å². The molecule has 6 aliphatic heterocycles. The molecule has 11 heteroatoms. The van der Waals surface area contributed by atoms with E-state index in [4.69, 9.17) is 18.9 Å². The van der Waals surface area contributed by atoms with E-state index in [-0.39, 0.29) is 36.4 Å². The Bertz CT molecular complexity index is 3870. The molecule has 6 heterocycles. The minimum Gasteiger partial charge on any atom is -0.458 e. The first-order chi connectivity index (χ1) is 41.7. The molecule has 0 radical (unpaired) electrons. The molecule has 7 aromatic carbocycles. The highest BCUT2D eigenvalue weighted by Crippen LogP contribution is 2.65. The average molecular weight is 1150 g/mol. The normalized spacial score (nSPS) is 33.3. The van der Waals surface area contributed by atoms with Gasteiger partial charge in [-0.3, -0.25) is 8.61 Å². The van der Waals surface area contributed by atoms with Crippen LogP contribution >= 0.6 is 23.9 Å². The fraction of sp³-hybridized carbons (Fsp3) is 0.432. The number of anilines is 4. The van der Waals surface area contributed by atoms with Crippen LogP contribution in [0.15, 0.2) is 109 Å². The van der Waals surface area contributed by atoms with Crippen molar-refractivity contribution < 1.29 is 18.9 Å². The molecule has 12 bridgehead atoms. The predicted molar refractivity (Wildman–Crippen MR) is 350 cm³/mol. The van der Waals surface area contributed by atoms with Crippen LogP contribution < -0.4 is 76.7 Å². The molecule has 18 aliphatic rings. The maximum absolute atomic E-state index is 7.60. The minimum absolute atomic E-state index is 0.0313. The molecule has 0 amide bonds. The molecular weight excluding hydrogens is 1080 g/mol. The van der Waals surface area contributed by atoms with Crippen molar-refractivity contribution in [3.8, 4) is 46.0 Å². The van der Waals surface area contributed by atoms with Gasteiger partial charge in [-0.1, -0.05) is 48.5 Å². The third kappa shape index (κ3) is 6.37. The molecule has 7 aromatic rings. The van der Waals surface area contributed by atoms with Crippen LogP contribution in [0.1, 0.15) is 132 Å². The summed E-state index contributed by atoms with van der Waals surface area (Å²) in [6.45, 7) is -0.112. The lowest BCUT2D eigenvalue weighted by molar-refractivity contribution is -0.00542. The van der Waals surface area contributed by atoms with Crippen LogP contribution in [0.5, 0.6) is 46.0 Å². The molecule has 85 heavy (non-hydrogen) atoms. The van der Waals surface area contributed by atoms with E-state index in [1.165, 1.54) is 199 Å². The summed E-state index contributed by atoms with van der Waals surface area (Å²) in [6, 6.07) is 43.4. The second-order valence-electron chi connectivity index (χ2n) is 30.9. The lowest BCUT2D eigenvalue weighted by atomic mass is 9.29. The van der Waals surface area contributed by atoms with Crippen molar-refractivity contribution in [2.24, 2.45) is 53.3 Å². The number of hydrogen-bond acceptors (Lipinski definition) is 8. The summed E-state index contributed by atoms with van der Waals surface area (Å²) in [5.74, 6) is 15.5. The summed E-state index contributed by atoms with van der Waals surface area (Å²) in [5, 5.41) is 0. The van der Waals surface area contributed by atoms with Gasteiger partial charge in [-0.15, -0.1) is 0 Å². The Hall–Kier alpha value is -5.77. The Kier molecular flexibility index (Phi) is 9.36. The van der Waals surface area contributed by atoms with Gasteiger partial charge in [0.05, 0.1) is 22.7 Å². The summed E-state index contributed by atoms with van der Waals surface area (Å²) in [7, 11) is 0. The Morgan fingerprint density at radius 2 is 0.624 bits per heavy atom. The molecule has 0 saturated heterocycles. The maximum atomic E-state index is 7.60. The second-order valence-corrected chi connectivity index (χ2v) is 32.4. The number of para-hydroxylation sites is 2. The molecule has 0 aromatic heterocycles. The lowest BCUT2D eigenvalue weighted by Crippen LogP contribution is -2.65. The van der Waals surface area contributed by atoms with Crippen LogP contribution in [0.3, 0.4) is 0 Å². The monoisotopic (exact) mass is 1150 g/mol. The number of nitrogens with zero attached hydrogens (tertiary/aromatic N) is 2. The Morgan fingerprint density at radius 3 is 0.965 bits per heavy atom. The number of rotatable bonds is 5. The van der Waals surface area contributed by atoms with E-state index in [0.717, 1.165) is 99.3 Å². The molecule has 12 saturated carbocycles. The van der Waals surface area contributed by atoms with Gasteiger partial charge in [0.1, 0.15) is 46.0 Å². The van der Waals surface area contributed by atoms with Gasteiger partial charge in [-0.05, 0) is 312 Å². The Morgan fingerprint density at radius 1 is 0.318 bits per heavy atom. The van der Waals surface area contributed by atoms with Crippen molar-refractivity contribution in [3.63, 3.8) is 0 Å². The summed E-state index contributed by atoms with van der Waals surface area (Å²) in [5.41, 5.74) is 21.8. The van der Waals surface area contributed by atoms with Crippen LogP contribution in [0.2, 0.25) is 0 Å². The van der Waals surface area contributed by atoms with E-state index in [0.29, 0.717) is 0 Å². The molecule has 12 fully saturated rings. The van der Waals surface area contributed by atoms with Crippen molar-refractivity contribution in [3.05, 3.63) is 126 Å². The predicted octanol–water partition coefficient (Wildman–Crippen LogP) is 12.5. The van der Waals surface area contributed by atoms with Gasteiger partial charge in [0, 0.05) is 35.6 Å². The van der Waals surface area contributed by atoms with Crippen molar-refractivity contribution >= 4 is 116 Å². The summed E-state index contributed by atoms with van der Waals surface area (Å²) >= 11 is 3.74. The highest BCUT2D eigenvalue weighted by atomic mass is 32.2. The fourth-order valence-corrected chi connectivity index (χ4v) is 25.9. The minimum atomic E-state index is -0.0494. The number of fused-ring (bicyclic) bond motifs is 12. The Labute approximate surface area is 509 Å². The van der Waals surface area contributed by atoms with E-state index < -0.39 is 0 Å². The first-order valence-electron chi connectivity index (χ1n) is 33.2. The molecular formula is C74H69B3N2O4S2.